The van der Waals surface area contributed by atoms with Crippen LogP contribution in [0.25, 0.3) is 6.08 Å². The maximum Gasteiger partial charge on any atom is 0.286 e. The number of thioether (sulfide) groups is 1. The lowest BCUT2D eigenvalue weighted by atomic mass is 10.2. The van der Waals surface area contributed by atoms with E-state index >= 15 is 0 Å². The largest absolute Gasteiger partial charge is 0.493 e. The standard InChI is InChI=1S/C22H22FN3O3S/c1-28-18-8-7-15(13-19(18)29-2)14-20-21(27)24-22(30-20)26-11-9-25(10-12-26)17-6-4-3-5-16(17)23/h3-8,13-14H,9-12H2,1-2H3/b20-14-. The average molecular weight is 428 g/mol. The third kappa shape index (κ3) is 4.14. The summed E-state index contributed by atoms with van der Waals surface area (Å²) < 4.78 is 24.6. The summed E-state index contributed by atoms with van der Waals surface area (Å²) in [5.41, 5.74) is 1.45. The van der Waals surface area contributed by atoms with Crippen molar-refractivity contribution in [3.63, 3.8) is 0 Å². The van der Waals surface area contributed by atoms with Gasteiger partial charge in [0.25, 0.3) is 5.91 Å². The third-order valence-electron chi connectivity index (χ3n) is 5.06. The minimum atomic E-state index is -0.249. The summed E-state index contributed by atoms with van der Waals surface area (Å²) in [5, 5.41) is 0.694. The van der Waals surface area contributed by atoms with Gasteiger partial charge < -0.3 is 19.3 Å². The molecule has 2 aliphatic heterocycles. The highest BCUT2D eigenvalue weighted by atomic mass is 32.2. The SMILES string of the molecule is COc1ccc(/C=C2\SC(N3CCN(c4ccccc4F)CC3)=NC2=O)cc1OC. The van der Waals surface area contributed by atoms with Crippen LogP contribution in [0.15, 0.2) is 52.4 Å². The van der Waals surface area contributed by atoms with Crippen molar-refractivity contribution in [2.24, 2.45) is 4.99 Å². The molecule has 0 aliphatic carbocycles. The summed E-state index contributed by atoms with van der Waals surface area (Å²) in [6.45, 7) is 2.70. The fraction of sp³-hybridized carbons (Fsp3) is 0.273. The number of ether oxygens (including phenoxy) is 2. The van der Waals surface area contributed by atoms with Gasteiger partial charge in [-0.1, -0.05) is 18.2 Å². The number of piperazine rings is 1. The number of amides is 1. The Hall–Kier alpha value is -3.00. The molecule has 0 bridgehead atoms. The topological polar surface area (TPSA) is 54.4 Å². The van der Waals surface area contributed by atoms with Crippen molar-refractivity contribution in [2.75, 3.05) is 45.3 Å². The normalized spacial score (nSPS) is 18.0. The number of benzene rings is 2. The van der Waals surface area contributed by atoms with E-state index in [0.29, 0.717) is 53.4 Å². The van der Waals surface area contributed by atoms with E-state index in [2.05, 4.69) is 9.89 Å². The first-order valence-electron chi connectivity index (χ1n) is 9.58. The highest BCUT2D eigenvalue weighted by molar-refractivity contribution is 8.18. The number of rotatable bonds is 4. The number of anilines is 1. The van der Waals surface area contributed by atoms with E-state index in [1.807, 2.05) is 23.1 Å². The number of hydrogen-bond acceptors (Lipinski definition) is 6. The lowest BCUT2D eigenvalue weighted by Crippen LogP contribution is -2.48. The van der Waals surface area contributed by atoms with Crippen LogP contribution in [0.4, 0.5) is 10.1 Å². The second-order valence-corrected chi connectivity index (χ2v) is 7.86. The van der Waals surface area contributed by atoms with Gasteiger partial charge >= 0.3 is 0 Å². The molecule has 2 aromatic carbocycles. The molecule has 2 aliphatic rings. The first-order chi connectivity index (χ1) is 14.6. The Labute approximate surface area is 179 Å². The van der Waals surface area contributed by atoms with Gasteiger partial charge in [0, 0.05) is 26.2 Å². The number of halogens is 1. The molecule has 1 fully saturated rings. The van der Waals surface area contributed by atoms with Crippen LogP contribution in [0.3, 0.4) is 0 Å². The fourth-order valence-corrected chi connectivity index (χ4v) is 4.44. The van der Waals surface area contributed by atoms with Crippen LogP contribution >= 0.6 is 11.8 Å². The van der Waals surface area contributed by atoms with Gasteiger partial charge in [0.15, 0.2) is 16.7 Å². The predicted molar refractivity (Wildman–Crippen MR) is 118 cm³/mol. The van der Waals surface area contributed by atoms with E-state index < -0.39 is 0 Å². The molecular weight excluding hydrogens is 405 g/mol. The molecule has 4 rings (SSSR count). The Balaban J connectivity index is 1.42. The van der Waals surface area contributed by atoms with Crippen LogP contribution in [0.1, 0.15) is 5.56 Å². The van der Waals surface area contributed by atoms with E-state index in [4.69, 9.17) is 9.47 Å². The molecule has 30 heavy (non-hydrogen) atoms. The molecule has 1 amide bonds. The smallest absolute Gasteiger partial charge is 0.286 e. The Morgan fingerprint density at radius 2 is 1.70 bits per heavy atom. The second kappa shape index (κ2) is 8.79. The molecule has 2 heterocycles. The van der Waals surface area contributed by atoms with Crippen LogP contribution < -0.4 is 14.4 Å². The Kier molecular flexibility index (Phi) is 5.94. The van der Waals surface area contributed by atoms with Gasteiger partial charge in [-0.15, -0.1) is 0 Å². The number of methoxy groups -OCH3 is 2. The fourth-order valence-electron chi connectivity index (χ4n) is 3.47. The number of para-hydroxylation sites is 1. The van der Waals surface area contributed by atoms with E-state index in [-0.39, 0.29) is 11.7 Å². The molecule has 6 nitrogen and oxygen atoms in total. The van der Waals surface area contributed by atoms with Gasteiger partial charge in [-0.25, -0.2) is 4.39 Å². The number of aliphatic imine (C=N–C) groups is 1. The van der Waals surface area contributed by atoms with Crippen LogP contribution in [0.5, 0.6) is 11.5 Å². The van der Waals surface area contributed by atoms with Crippen LogP contribution in [-0.4, -0.2) is 56.4 Å². The van der Waals surface area contributed by atoms with Crippen molar-refractivity contribution >= 4 is 34.6 Å². The van der Waals surface area contributed by atoms with E-state index in [9.17, 15) is 9.18 Å². The van der Waals surface area contributed by atoms with E-state index in [1.165, 1.54) is 17.8 Å². The van der Waals surface area contributed by atoms with Crippen molar-refractivity contribution in [1.29, 1.82) is 0 Å². The quantitative estimate of drug-likeness (QED) is 0.695. The van der Waals surface area contributed by atoms with E-state index in [1.54, 1.807) is 38.5 Å². The minimum Gasteiger partial charge on any atom is -0.493 e. The lowest BCUT2D eigenvalue weighted by Gasteiger charge is -2.36. The number of nitrogens with zero attached hydrogens (tertiary/aromatic N) is 3. The maximum absolute atomic E-state index is 14.0. The number of carbonyl (C=O) groups is 1. The summed E-state index contributed by atoms with van der Waals surface area (Å²) >= 11 is 1.37. The van der Waals surface area contributed by atoms with E-state index in [0.717, 1.165) is 5.56 Å². The first-order valence-corrected chi connectivity index (χ1v) is 10.4. The maximum atomic E-state index is 14.0. The molecule has 0 atom stereocenters. The molecule has 2 aromatic rings. The van der Waals surface area contributed by atoms with Gasteiger partial charge in [-0.3, -0.25) is 4.79 Å². The molecule has 0 saturated carbocycles. The Morgan fingerprint density at radius 3 is 2.40 bits per heavy atom. The van der Waals surface area contributed by atoms with Crippen molar-refractivity contribution in [2.45, 2.75) is 0 Å². The summed E-state index contributed by atoms with van der Waals surface area (Å²) in [4.78, 5) is 21.3. The molecule has 8 heteroatoms. The van der Waals surface area contributed by atoms with Gasteiger partial charge in [-0.2, -0.15) is 4.99 Å². The van der Waals surface area contributed by atoms with Crippen LogP contribution in [0, 0.1) is 5.82 Å². The number of carbonyl (C=O) groups excluding carboxylic acids is 1. The van der Waals surface area contributed by atoms with Gasteiger partial charge in [0.05, 0.1) is 24.8 Å². The third-order valence-corrected chi connectivity index (χ3v) is 6.10. The molecule has 0 unspecified atom stereocenters. The summed E-state index contributed by atoms with van der Waals surface area (Å²) in [5.74, 6) is 0.776. The van der Waals surface area contributed by atoms with Crippen molar-refractivity contribution in [3.8, 4) is 11.5 Å². The second-order valence-electron chi connectivity index (χ2n) is 6.85. The molecule has 1 saturated heterocycles. The van der Waals surface area contributed by atoms with Gasteiger partial charge in [-0.05, 0) is 47.7 Å². The zero-order valence-corrected chi connectivity index (χ0v) is 17.6. The van der Waals surface area contributed by atoms with Crippen LogP contribution in [0.2, 0.25) is 0 Å². The zero-order valence-electron chi connectivity index (χ0n) is 16.8. The minimum absolute atomic E-state index is 0.214. The van der Waals surface area contributed by atoms with Crippen molar-refractivity contribution < 1.29 is 18.7 Å². The summed E-state index contributed by atoms with van der Waals surface area (Å²) in [6, 6.07) is 12.3. The average Bonchev–Trinajstić information content (AvgIpc) is 3.14. The highest BCUT2D eigenvalue weighted by Gasteiger charge is 2.29. The Bertz CT molecular complexity index is 1020. The first kappa shape index (κ1) is 20.3. The highest BCUT2D eigenvalue weighted by Crippen LogP contribution is 2.33. The van der Waals surface area contributed by atoms with Crippen molar-refractivity contribution in [3.05, 3.63) is 58.8 Å². The number of amidine groups is 1. The summed E-state index contributed by atoms with van der Waals surface area (Å²) in [7, 11) is 3.16. The predicted octanol–water partition coefficient (Wildman–Crippen LogP) is 3.64. The molecule has 0 N–H and O–H groups in total. The number of hydrogen-bond donors (Lipinski definition) is 0. The molecule has 156 valence electrons. The Morgan fingerprint density at radius 1 is 1.00 bits per heavy atom. The monoisotopic (exact) mass is 427 g/mol. The molecular formula is C22H22FN3O3S. The molecule has 0 spiro atoms. The van der Waals surface area contributed by atoms with Crippen molar-refractivity contribution in [1.82, 2.24) is 4.90 Å². The lowest BCUT2D eigenvalue weighted by molar-refractivity contribution is -0.113. The molecule has 0 aromatic heterocycles. The zero-order chi connectivity index (χ0) is 21.1. The molecule has 0 radical (unpaired) electrons. The van der Waals surface area contributed by atoms with Gasteiger partial charge in [0.2, 0.25) is 0 Å². The summed E-state index contributed by atoms with van der Waals surface area (Å²) in [6.07, 6.45) is 1.81. The van der Waals surface area contributed by atoms with Gasteiger partial charge in [0.1, 0.15) is 5.82 Å². The van der Waals surface area contributed by atoms with Crippen LogP contribution in [-0.2, 0) is 4.79 Å².